The molecule has 76 heavy (non-hydrogen) atoms. The van der Waals surface area contributed by atoms with Crippen molar-refractivity contribution < 1.29 is 67.4 Å². The van der Waals surface area contributed by atoms with Gasteiger partial charge in [0, 0.05) is 32.9 Å². The van der Waals surface area contributed by atoms with Gasteiger partial charge in [0.1, 0.15) is 64.8 Å². The molecule has 2 N–H and O–H groups in total. The lowest BCUT2D eigenvalue weighted by molar-refractivity contribution is -0.384. The third kappa shape index (κ3) is 15.4. The molecule has 1 aromatic carbocycles. The molecule has 5 aliphatic heterocycles. The second-order valence-electron chi connectivity index (χ2n) is 23.8. The number of methoxy groups -OCH3 is 2. The Balaban J connectivity index is 0.000000228. The minimum absolute atomic E-state index is 0. The predicted octanol–water partition coefficient (Wildman–Crippen LogP) is 11.3. The second kappa shape index (κ2) is 26.0. The van der Waals surface area contributed by atoms with Gasteiger partial charge < -0.3 is 57.7 Å². The van der Waals surface area contributed by atoms with Gasteiger partial charge in [-0.1, -0.05) is 72.3 Å². The number of nitro benzene ring substituents is 1. The van der Waals surface area contributed by atoms with Crippen LogP contribution < -0.4 is 4.74 Å². The summed E-state index contributed by atoms with van der Waals surface area (Å²) in [6.45, 7) is 22.0. The zero-order chi connectivity index (χ0) is 55.3. The molecule has 8 fully saturated rings. The molecule has 5 saturated heterocycles. The Labute approximate surface area is 462 Å². The molecule has 3 aliphatic carbocycles. The number of likely N-dealkylation sites (tertiary alicyclic amines) is 1. The highest BCUT2D eigenvalue weighted by Crippen LogP contribution is 2.61. The van der Waals surface area contributed by atoms with Gasteiger partial charge in [0.2, 0.25) is 0 Å². The second-order valence-corrected chi connectivity index (χ2v) is 24.6. The van der Waals surface area contributed by atoms with Gasteiger partial charge in [-0.2, -0.15) is 0 Å². The number of amides is 1. The van der Waals surface area contributed by atoms with Crippen molar-refractivity contribution >= 4 is 41.1 Å². The van der Waals surface area contributed by atoms with Crippen LogP contribution >= 0.6 is 23.2 Å². The number of nitrogens with zero attached hydrogens (tertiary/aromatic N) is 2. The summed E-state index contributed by atoms with van der Waals surface area (Å²) >= 11 is 9.53. The van der Waals surface area contributed by atoms with Gasteiger partial charge in [-0.3, -0.25) is 10.1 Å². The molecule has 432 valence electrons. The summed E-state index contributed by atoms with van der Waals surface area (Å²) in [7, 11) is 3.28. The number of aliphatic hydroxyl groups is 2. The van der Waals surface area contributed by atoms with E-state index in [-0.39, 0.29) is 83.8 Å². The molecule has 9 rings (SSSR count). The molecule has 3 saturated carbocycles. The number of alkyl halides is 2. The van der Waals surface area contributed by atoms with Gasteiger partial charge in [-0.25, -0.2) is 9.59 Å². The summed E-state index contributed by atoms with van der Waals surface area (Å²) in [6, 6.07) is 5.01. The van der Waals surface area contributed by atoms with Crippen LogP contribution in [0.3, 0.4) is 0 Å². The molecule has 2 spiro atoms. The average molecular weight is 1110 g/mol. The Hall–Kier alpha value is -3.10. The first-order valence-electron chi connectivity index (χ1n) is 26.9. The molecule has 3 unspecified atom stereocenters. The first-order chi connectivity index (χ1) is 35.2. The van der Waals surface area contributed by atoms with E-state index < -0.39 is 45.7 Å². The highest BCUT2D eigenvalue weighted by molar-refractivity contribution is 6.40. The molecule has 13 atom stereocenters. The van der Waals surface area contributed by atoms with Gasteiger partial charge >= 0.3 is 12.2 Å². The maximum atomic E-state index is 13.1. The molecule has 0 radical (unpaired) electrons. The van der Waals surface area contributed by atoms with Gasteiger partial charge in [0.05, 0.1) is 52.6 Å². The number of ether oxygens (including phenoxy) is 9. The summed E-state index contributed by atoms with van der Waals surface area (Å²) in [5, 5.41) is 31.0. The fourth-order valence-electron chi connectivity index (χ4n) is 12.3. The lowest BCUT2D eigenvalue weighted by atomic mass is 9.68. The van der Waals surface area contributed by atoms with E-state index in [0.29, 0.717) is 50.4 Å². The maximum absolute atomic E-state index is 13.1. The first-order valence-corrected chi connectivity index (χ1v) is 28.0. The van der Waals surface area contributed by atoms with E-state index in [2.05, 4.69) is 65.8 Å². The number of hydrogen-bond acceptors (Lipinski definition) is 15. The van der Waals surface area contributed by atoms with Gasteiger partial charge in [-0.05, 0) is 123 Å². The Kier molecular flexibility index (Phi) is 21.8. The Morgan fingerprint density at radius 3 is 1.59 bits per heavy atom. The Morgan fingerprint density at radius 2 is 1.22 bits per heavy atom. The zero-order valence-corrected chi connectivity index (χ0v) is 47.8. The van der Waals surface area contributed by atoms with E-state index in [1.165, 1.54) is 49.9 Å². The highest BCUT2D eigenvalue weighted by Gasteiger charge is 2.73. The smallest absolute Gasteiger partial charge is 0.443 e. The highest BCUT2D eigenvalue weighted by atomic mass is 35.5. The van der Waals surface area contributed by atoms with Crippen molar-refractivity contribution in [3.63, 3.8) is 0 Å². The number of epoxide rings is 4. The summed E-state index contributed by atoms with van der Waals surface area (Å²) in [4.78, 5) is 37.5. The number of carbonyl (C=O) groups excluding carboxylic acids is 2. The topological polar surface area (TPSA) is 217 Å². The molecule has 0 aromatic heterocycles. The van der Waals surface area contributed by atoms with E-state index in [1.807, 2.05) is 13.8 Å². The third-order valence-corrected chi connectivity index (χ3v) is 16.6. The summed E-state index contributed by atoms with van der Waals surface area (Å²) in [6.07, 6.45) is 15.2. The standard InChI is InChI=1S/C24H39NO6.C23H29NO8.C8H16O.CH2Cl2.CH4/c1-15(2)9-10-18-23(5,31-18)20-19(28-6)16(11-12-24(20)14-29-24)30-21(26)25-13-7-8-17(25)22(3,4)27;1-14(2)5-10-18-22(3,32-18)20-19(28-4)17(11-12-23(20)13-29-23)31-21(25)30-16-8-6-15(7-9-16)24(26)27;1-8(2,9)7-5-3-4-6-7;2-1-3;/h9-10,15-20,27H,7-8,11-14H2,1-6H3;5-10,14,17-20H,11-13H2,1-4H3;7,9H,3-6H2,1-2H3;1H2;1H4/b10-9+;10-5+;;;/t16-,17?,18-,19-,20?,23+,24+;17-,18-,19-,20?,22-,23+;;;/m11.../s1. The fourth-order valence-corrected chi connectivity index (χ4v) is 12.3. The molecule has 5 heterocycles. The summed E-state index contributed by atoms with van der Waals surface area (Å²) in [5.41, 5.74) is -2.89. The quantitative estimate of drug-likeness (QED) is 0.0337. The lowest BCUT2D eigenvalue weighted by Gasteiger charge is -2.43. The number of hydrogen-bond donors (Lipinski definition) is 2. The van der Waals surface area contributed by atoms with Crippen molar-refractivity contribution in [2.24, 2.45) is 29.6 Å². The largest absolute Gasteiger partial charge is 0.514 e. The van der Waals surface area contributed by atoms with Gasteiger partial charge in [0.25, 0.3) is 5.69 Å². The summed E-state index contributed by atoms with van der Waals surface area (Å²) < 4.78 is 52.8. The number of rotatable bonds is 14. The van der Waals surface area contributed by atoms with Crippen molar-refractivity contribution in [3.8, 4) is 5.75 Å². The third-order valence-electron chi connectivity index (χ3n) is 16.6. The van der Waals surface area contributed by atoms with E-state index in [0.717, 1.165) is 25.7 Å². The molecule has 8 aliphatic rings. The van der Waals surface area contributed by atoms with Crippen LogP contribution in [0.25, 0.3) is 0 Å². The average Bonchev–Trinajstić information content (AvgIpc) is 4.32. The Bertz CT molecular complexity index is 2120. The Morgan fingerprint density at radius 1 is 0.776 bits per heavy atom. The van der Waals surface area contributed by atoms with Crippen LogP contribution in [0.15, 0.2) is 48.6 Å². The van der Waals surface area contributed by atoms with Crippen LogP contribution in [0, 0.1) is 39.7 Å². The van der Waals surface area contributed by atoms with Crippen LogP contribution in [0.1, 0.15) is 141 Å². The van der Waals surface area contributed by atoms with Crippen LogP contribution in [0.5, 0.6) is 5.75 Å². The minimum Gasteiger partial charge on any atom is -0.443 e. The molecule has 0 bridgehead atoms. The zero-order valence-electron chi connectivity index (χ0n) is 46.3. The molecular weight excluding hydrogens is 1020 g/mol. The summed E-state index contributed by atoms with van der Waals surface area (Å²) in [5.74, 6) is 1.50. The molecule has 17 nitrogen and oxygen atoms in total. The lowest BCUT2D eigenvalue weighted by Crippen LogP contribution is -2.57. The number of halogens is 2. The number of allylic oxidation sites excluding steroid dienone is 2. The molecular formula is C57H90Cl2N2O15. The number of nitro groups is 1. The monoisotopic (exact) mass is 1110 g/mol. The molecule has 1 aromatic rings. The van der Waals surface area contributed by atoms with E-state index in [9.17, 15) is 29.9 Å². The van der Waals surface area contributed by atoms with Crippen LogP contribution in [0.2, 0.25) is 0 Å². The number of non-ortho nitro benzene ring substituents is 1. The number of benzene rings is 1. The van der Waals surface area contributed by atoms with Crippen LogP contribution in [0.4, 0.5) is 15.3 Å². The first kappa shape index (κ1) is 63.7. The van der Waals surface area contributed by atoms with Crippen molar-refractivity contribution in [1.29, 1.82) is 0 Å². The maximum Gasteiger partial charge on any atom is 0.514 e. The molecule has 1 amide bonds. The van der Waals surface area contributed by atoms with Crippen molar-refractivity contribution in [3.05, 3.63) is 58.7 Å². The van der Waals surface area contributed by atoms with Crippen LogP contribution in [-0.4, -0.2) is 148 Å². The van der Waals surface area contributed by atoms with E-state index >= 15 is 0 Å². The number of carbonyl (C=O) groups is 2. The van der Waals surface area contributed by atoms with Gasteiger partial charge in [0.15, 0.2) is 0 Å². The van der Waals surface area contributed by atoms with Crippen molar-refractivity contribution in [2.75, 3.05) is 39.3 Å². The van der Waals surface area contributed by atoms with Gasteiger partial charge in [-0.15, -0.1) is 23.2 Å². The predicted molar refractivity (Wildman–Crippen MR) is 291 cm³/mol. The minimum atomic E-state index is -0.956. The SMILES string of the molecule is C.CC(C)(O)C1CCCC1.CO[C@H]1C([C@@]2(C)O[C@@H]2/C=C/C(C)C)[C@]2(CC[C@H]1OC(=O)N1CCCC1C(C)(C)O)CO2.CO[C@H]1C([C@]2(C)O[C@@H]2/C=C/C(C)C)[C@]2(CC[C@H]1OC(=O)Oc1ccc([N+](=O)[O-])cc1)CO2.ClCCl. The van der Waals surface area contributed by atoms with E-state index in [4.69, 9.17) is 65.8 Å². The molecule has 19 heteroatoms. The fraction of sp³-hybridized carbons (Fsp3) is 0.789. The van der Waals surface area contributed by atoms with Crippen LogP contribution in [-0.2, 0) is 37.9 Å². The van der Waals surface area contributed by atoms with Crippen molar-refractivity contribution in [2.45, 2.75) is 217 Å². The normalized spacial score (nSPS) is 35.4. The van der Waals surface area contributed by atoms with Crippen molar-refractivity contribution in [1.82, 2.24) is 4.90 Å². The van der Waals surface area contributed by atoms with E-state index in [1.54, 1.807) is 33.0 Å².